The molecule has 1 aliphatic heterocycles. The molecule has 0 saturated carbocycles. The first-order valence-corrected chi connectivity index (χ1v) is 9.26. The van der Waals surface area contributed by atoms with Gasteiger partial charge in [-0.3, -0.25) is 5.32 Å². The lowest BCUT2D eigenvalue weighted by molar-refractivity contribution is 0.193. The fraction of sp³-hybridized carbons (Fsp3) is 0.350. The number of benzene rings is 1. The number of pyridine rings is 1. The minimum atomic E-state index is -0.149. The van der Waals surface area contributed by atoms with Crippen LogP contribution in [0.15, 0.2) is 36.4 Å². The molecule has 4 rings (SSSR count). The number of likely N-dealkylation sites (tertiary alicyclic amines) is 1. The van der Waals surface area contributed by atoms with Crippen molar-refractivity contribution < 1.29 is 4.79 Å². The van der Waals surface area contributed by atoms with Gasteiger partial charge in [0.25, 0.3) is 0 Å². The molecule has 1 fully saturated rings. The quantitative estimate of drug-likeness (QED) is 0.731. The van der Waals surface area contributed by atoms with Crippen molar-refractivity contribution in [3.63, 3.8) is 0 Å². The lowest BCUT2D eigenvalue weighted by Crippen LogP contribution is -2.47. The summed E-state index contributed by atoms with van der Waals surface area (Å²) in [5, 5.41) is 8.63. The maximum atomic E-state index is 12.7. The molecule has 3 N–H and O–H groups in total. The number of anilines is 1. The predicted molar refractivity (Wildman–Crippen MR) is 106 cm³/mol. The van der Waals surface area contributed by atoms with Crippen LogP contribution in [0.1, 0.15) is 24.1 Å². The molecule has 1 aromatic carbocycles. The fourth-order valence-corrected chi connectivity index (χ4v) is 3.59. The second kappa shape index (κ2) is 7.00. The van der Waals surface area contributed by atoms with Crippen molar-refractivity contribution in [2.75, 3.05) is 18.4 Å². The van der Waals surface area contributed by atoms with Crippen LogP contribution in [0.5, 0.6) is 0 Å². The molecule has 1 saturated heterocycles. The number of carbonyl (C=O) groups is 1. The van der Waals surface area contributed by atoms with E-state index >= 15 is 0 Å². The molecule has 0 bridgehead atoms. The van der Waals surface area contributed by atoms with Crippen LogP contribution in [0.4, 0.5) is 10.6 Å². The van der Waals surface area contributed by atoms with Gasteiger partial charge in [0.05, 0.1) is 11.2 Å². The van der Waals surface area contributed by atoms with Crippen LogP contribution in [0.25, 0.3) is 16.7 Å². The first-order chi connectivity index (χ1) is 13.0. The second-order valence-electron chi connectivity index (χ2n) is 7.18. The van der Waals surface area contributed by atoms with Crippen LogP contribution in [0, 0.1) is 13.8 Å². The zero-order valence-corrected chi connectivity index (χ0v) is 15.6. The van der Waals surface area contributed by atoms with E-state index in [1.807, 2.05) is 37.3 Å². The SMILES string of the molecule is Cc1cc(NC(=O)N2CCCC(N)C2)n(-c2cc(C)c3ccccc3n2)n1. The number of hydrogen-bond donors (Lipinski definition) is 2. The number of fused-ring (bicyclic) bond motifs is 1. The normalized spacial score (nSPS) is 17.3. The number of urea groups is 1. The third-order valence-electron chi connectivity index (χ3n) is 4.94. The van der Waals surface area contributed by atoms with Gasteiger partial charge in [-0.2, -0.15) is 9.78 Å². The smallest absolute Gasteiger partial charge is 0.323 e. The van der Waals surface area contributed by atoms with Gasteiger partial charge in [-0.1, -0.05) is 18.2 Å². The maximum absolute atomic E-state index is 12.7. The summed E-state index contributed by atoms with van der Waals surface area (Å²) in [5.41, 5.74) is 8.83. The number of para-hydroxylation sites is 1. The van der Waals surface area contributed by atoms with Crippen molar-refractivity contribution in [1.29, 1.82) is 0 Å². The van der Waals surface area contributed by atoms with E-state index in [2.05, 4.69) is 23.4 Å². The second-order valence-corrected chi connectivity index (χ2v) is 7.18. The molecule has 1 atom stereocenters. The highest BCUT2D eigenvalue weighted by Gasteiger charge is 2.22. The number of nitrogens with two attached hydrogens (primary N) is 1. The Morgan fingerprint density at radius 1 is 1.26 bits per heavy atom. The van der Waals surface area contributed by atoms with Gasteiger partial charge in [-0.25, -0.2) is 9.78 Å². The summed E-state index contributed by atoms with van der Waals surface area (Å²) < 4.78 is 1.69. The van der Waals surface area contributed by atoms with Crippen molar-refractivity contribution in [2.45, 2.75) is 32.7 Å². The summed E-state index contributed by atoms with van der Waals surface area (Å²) in [7, 11) is 0. The predicted octanol–water partition coefficient (Wildman–Crippen LogP) is 2.99. The molecular formula is C20H24N6O. The van der Waals surface area contributed by atoms with Gasteiger partial charge in [0.15, 0.2) is 5.82 Å². The Labute approximate surface area is 158 Å². The zero-order chi connectivity index (χ0) is 19.0. The van der Waals surface area contributed by atoms with E-state index in [4.69, 9.17) is 10.7 Å². The zero-order valence-electron chi connectivity index (χ0n) is 15.6. The highest BCUT2D eigenvalue weighted by molar-refractivity contribution is 5.89. The van der Waals surface area contributed by atoms with Crippen LogP contribution < -0.4 is 11.1 Å². The number of nitrogens with one attached hydrogen (secondary N) is 1. The van der Waals surface area contributed by atoms with Crippen molar-refractivity contribution >= 4 is 22.8 Å². The molecule has 1 unspecified atom stereocenters. The van der Waals surface area contributed by atoms with Crippen molar-refractivity contribution in [2.24, 2.45) is 5.73 Å². The Bertz CT molecular complexity index is 995. The Morgan fingerprint density at radius 2 is 2.07 bits per heavy atom. The largest absolute Gasteiger partial charge is 0.326 e. The molecule has 0 spiro atoms. The number of carbonyl (C=O) groups excluding carboxylic acids is 1. The molecule has 0 aliphatic carbocycles. The van der Waals surface area contributed by atoms with Crippen molar-refractivity contribution in [1.82, 2.24) is 19.7 Å². The first kappa shape index (κ1) is 17.5. The standard InChI is InChI=1S/C20H24N6O/c1-13-10-18(22-17-8-4-3-7-16(13)17)26-19(11-14(2)24-26)23-20(27)25-9-5-6-15(21)12-25/h3-4,7-8,10-11,15H,5-6,9,12,21H2,1-2H3,(H,23,27). The summed E-state index contributed by atoms with van der Waals surface area (Å²) in [6.07, 6.45) is 1.89. The number of aromatic nitrogens is 3. The molecule has 2 amide bonds. The monoisotopic (exact) mass is 364 g/mol. The van der Waals surface area contributed by atoms with Crippen LogP contribution in [0.3, 0.4) is 0 Å². The molecule has 27 heavy (non-hydrogen) atoms. The number of piperidine rings is 1. The van der Waals surface area contributed by atoms with Gasteiger partial charge >= 0.3 is 6.03 Å². The Balaban J connectivity index is 1.66. The summed E-state index contributed by atoms with van der Waals surface area (Å²) in [4.78, 5) is 19.2. The van der Waals surface area contributed by atoms with Crippen LogP contribution >= 0.6 is 0 Å². The Hall–Kier alpha value is -2.93. The van der Waals surface area contributed by atoms with Gasteiger partial charge in [0.2, 0.25) is 0 Å². The molecule has 7 nitrogen and oxygen atoms in total. The van der Waals surface area contributed by atoms with Gasteiger partial charge in [0.1, 0.15) is 5.82 Å². The third-order valence-corrected chi connectivity index (χ3v) is 4.94. The van der Waals surface area contributed by atoms with Gasteiger partial charge in [-0.15, -0.1) is 0 Å². The van der Waals surface area contributed by atoms with Crippen molar-refractivity contribution in [3.8, 4) is 5.82 Å². The molecule has 140 valence electrons. The average molecular weight is 364 g/mol. The van der Waals surface area contributed by atoms with E-state index < -0.39 is 0 Å². The topological polar surface area (TPSA) is 89.1 Å². The van der Waals surface area contributed by atoms with Crippen LogP contribution in [-0.2, 0) is 0 Å². The highest BCUT2D eigenvalue weighted by atomic mass is 16.2. The fourth-order valence-electron chi connectivity index (χ4n) is 3.59. The van der Waals surface area contributed by atoms with E-state index in [1.54, 1.807) is 9.58 Å². The number of nitrogens with zero attached hydrogens (tertiary/aromatic N) is 4. The maximum Gasteiger partial charge on any atom is 0.323 e. The molecule has 7 heteroatoms. The molecular weight excluding hydrogens is 340 g/mol. The average Bonchev–Trinajstić information content (AvgIpc) is 3.02. The van der Waals surface area contributed by atoms with E-state index in [0.717, 1.165) is 41.5 Å². The van der Waals surface area contributed by atoms with Crippen LogP contribution in [-0.4, -0.2) is 44.8 Å². The minimum Gasteiger partial charge on any atom is -0.326 e. The van der Waals surface area contributed by atoms with E-state index in [9.17, 15) is 4.79 Å². The van der Waals surface area contributed by atoms with Gasteiger partial charge in [-0.05, 0) is 44.4 Å². The van der Waals surface area contributed by atoms with E-state index in [1.165, 1.54) is 0 Å². The molecule has 3 heterocycles. The van der Waals surface area contributed by atoms with E-state index in [0.29, 0.717) is 18.2 Å². The van der Waals surface area contributed by atoms with Crippen molar-refractivity contribution in [3.05, 3.63) is 47.7 Å². The van der Waals surface area contributed by atoms with Gasteiger partial charge in [0, 0.05) is 30.6 Å². The third kappa shape index (κ3) is 3.50. The van der Waals surface area contributed by atoms with E-state index in [-0.39, 0.29) is 12.1 Å². The Morgan fingerprint density at radius 3 is 2.89 bits per heavy atom. The lowest BCUT2D eigenvalue weighted by Gasteiger charge is -2.30. The highest BCUT2D eigenvalue weighted by Crippen LogP contribution is 2.22. The molecule has 0 radical (unpaired) electrons. The molecule has 3 aromatic rings. The molecule has 1 aliphatic rings. The summed E-state index contributed by atoms with van der Waals surface area (Å²) in [6, 6.07) is 11.7. The summed E-state index contributed by atoms with van der Waals surface area (Å²) in [6.45, 7) is 5.25. The van der Waals surface area contributed by atoms with Gasteiger partial charge < -0.3 is 10.6 Å². The summed E-state index contributed by atoms with van der Waals surface area (Å²) >= 11 is 0. The first-order valence-electron chi connectivity index (χ1n) is 9.26. The Kier molecular flexibility index (Phi) is 4.53. The van der Waals surface area contributed by atoms with Crippen LogP contribution in [0.2, 0.25) is 0 Å². The number of hydrogen-bond acceptors (Lipinski definition) is 4. The molecule has 2 aromatic heterocycles. The number of aryl methyl sites for hydroxylation is 2. The number of amides is 2. The minimum absolute atomic E-state index is 0.0425. The lowest BCUT2D eigenvalue weighted by atomic mass is 10.1. The summed E-state index contributed by atoms with van der Waals surface area (Å²) in [5.74, 6) is 1.30. The number of rotatable bonds is 2.